The first-order valence-electron chi connectivity index (χ1n) is 8.63. The maximum absolute atomic E-state index is 13.2. The molecule has 9 heteroatoms. The Morgan fingerprint density at radius 3 is 2.32 bits per heavy atom. The molecule has 1 N–H and O–H groups in total. The van der Waals surface area contributed by atoms with Crippen LogP contribution in [0.15, 0.2) is 53.4 Å². The summed E-state index contributed by atoms with van der Waals surface area (Å²) in [5.41, 5.74) is 0.251. The van der Waals surface area contributed by atoms with E-state index in [1.807, 2.05) is 12.1 Å². The lowest BCUT2D eigenvalue weighted by atomic mass is 10.2. The summed E-state index contributed by atoms with van der Waals surface area (Å²) >= 11 is 7.41. The molecular formula is C19H22ClFN2O3S2. The number of hydrogen-bond acceptors (Lipinski definition) is 4. The van der Waals surface area contributed by atoms with Gasteiger partial charge in [0.2, 0.25) is 15.9 Å². The zero-order valence-electron chi connectivity index (χ0n) is 15.6. The van der Waals surface area contributed by atoms with Crippen LogP contribution in [-0.4, -0.2) is 38.9 Å². The molecule has 0 unspecified atom stereocenters. The second-order valence-corrected chi connectivity index (χ2v) is 9.52. The van der Waals surface area contributed by atoms with E-state index in [0.29, 0.717) is 17.3 Å². The van der Waals surface area contributed by atoms with Crippen LogP contribution in [0, 0.1) is 5.82 Å². The smallest absolute Gasteiger partial charge is 0.243 e. The number of halogens is 2. The second kappa shape index (κ2) is 10.1. The Labute approximate surface area is 174 Å². The Hall–Kier alpha value is -1.77. The number of nitrogens with one attached hydrogen (secondary N) is 1. The van der Waals surface area contributed by atoms with E-state index >= 15 is 0 Å². The van der Waals surface area contributed by atoms with Crippen molar-refractivity contribution in [3.8, 4) is 0 Å². The number of carbonyl (C=O) groups is 1. The summed E-state index contributed by atoms with van der Waals surface area (Å²) in [4.78, 5) is 13.7. The summed E-state index contributed by atoms with van der Waals surface area (Å²) in [6.45, 7) is 2.11. The number of amides is 1. The Morgan fingerprint density at radius 2 is 1.79 bits per heavy atom. The molecule has 28 heavy (non-hydrogen) atoms. The van der Waals surface area contributed by atoms with Gasteiger partial charge < -0.3 is 5.32 Å². The molecule has 0 saturated heterocycles. The van der Waals surface area contributed by atoms with E-state index in [0.717, 1.165) is 15.5 Å². The second-order valence-electron chi connectivity index (χ2n) is 6.05. The van der Waals surface area contributed by atoms with Gasteiger partial charge in [-0.25, -0.2) is 12.8 Å². The first-order valence-corrected chi connectivity index (χ1v) is 11.8. The summed E-state index contributed by atoms with van der Waals surface area (Å²) in [5.74, 6) is -0.248. The molecule has 0 aliphatic carbocycles. The monoisotopic (exact) mass is 444 g/mol. The minimum atomic E-state index is -3.73. The van der Waals surface area contributed by atoms with Gasteiger partial charge in [-0.3, -0.25) is 9.10 Å². The van der Waals surface area contributed by atoms with Gasteiger partial charge in [0.25, 0.3) is 0 Å². The topological polar surface area (TPSA) is 66.5 Å². The van der Waals surface area contributed by atoms with E-state index in [-0.39, 0.29) is 12.1 Å². The number of rotatable bonds is 9. The zero-order valence-corrected chi connectivity index (χ0v) is 18.0. The molecule has 0 radical (unpaired) electrons. The summed E-state index contributed by atoms with van der Waals surface area (Å²) in [5, 5.41) is 3.44. The molecule has 0 aliphatic rings. The van der Waals surface area contributed by atoms with Crippen molar-refractivity contribution in [2.24, 2.45) is 0 Å². The third-order valence-corrected chi connectivity index (χ3v) is 6.34. The lowest BCUT2D eigenvalue weighted by Crippen LogP contribution is -2.49. The van der Waals surface area contributed by atoms with E-state index in [4.69, 9.17) is 11.6 Å². The molecule has 2 rings (SSSR count). The van der Waals surface area contributed by atoms with Crippen LogP contribution in [0.1, 0.15) is 13.3 Å². The number of thioether (sulfide) groups is 1. The number of anilines is 1. The molecule has 1 atom stereocenters. The quantitative estimate of drug-likeness (QED) is 0.470. The molecule has 0 aromatic heterocycles. The van der Waals surface area contributed by atoms with E-state index in [2.05, 4.69) is 5.32 Å². The van der Waals surface area contributed by atoms with E-state index in [9.17, 15) is 17.6 Å². The van der Waals surface area contributed by atoms with Gasteiger partial charge in [0.1, 0.15) is 11.9 Å². The Bertz CT molecular complexity index is 890. The van der Waals surface area contributed by atoms with Crippen molar-refractivity contribution < 1.29 is 17.6 Å². The Kier molecular flexibility index (Phi) is 8.15. The minimum Gasteiger partial charge on any atom is -0.353 e. The molecule has 1 amide bonds. The van der Waals surface area contributed by atoms with Gasteiger partial charge in [-0.1, -0.05) is 18.5 Å². The van der Waals surface area contributed by atoms with Gasteiger partial charge in [0.05, 0.1) is 11.9 Å². The van der Waals surface area contributed by atoms with E-state index in [1.54, 1.807) is 30.8 Å². The normalized spacial score (nSPS) is 12.4. The average Bonchev–Trinajstić information content (AvgIpc) is 2.64. The van der Waals surface area contributed by atoms with Crippen LogP contribution in [0.5, 0.6) is 0 Å². The molecule has 0 bridgehead atoms. The highest BCUT2D eigenvalue weighted by molar-refractivity contribution is 7.99. The molecule has 0 saturated carbocycles. The zero-order chi connectivity index (χ0) is 20.7. The minimum absolute atomic E-state index is 0.251. The highest BCUT2D eigenvalue weighted by Gasteiger charge is 2.31. The SMILES string of the molecule is CC[C@H](C(=O)NCCSc1ccc(Cl)cc1)N(c1ccc(F)cc1)S(C)(=O)=O. The van der Waals surface area contributed by atoms with Gasteiger partial charge in [-0.15, -0.1) is 11.8 Å². The fourth-order valence-electron chi connectivity index (χ4n) is 2.64. The Morgan fingerprint density at radius 1 is 1.18 bits per heavy atom. The largest absolute Gasteiger partial charge is 0.353 e. The van der Waals surface area contributed by atoms with Gasteiger partial charge in [0, 0.05) is 22.2 Å². The number of sulfonamides is 1. The number of carbonyl (C=O) groups excluding carboxylic acids is 1. The predicted molar refractivity (Wildman–Crippen MR) is 113 cm³/mol. The van der Waals surface area contributed by atoms with Crippen molar-refractivity contribution in [1.29, 1.82) is 0 Å². The van der Waals surface area contributed by atoms with Crippen LogP contribution < -0.4 is 9.62 Å². The molecule has 0 spiro atoms. The van der Waals surface area contributed by atoms with Crippen LogP contribution in [0.25, 0.3) is 0 Å². The third-order valence-electron chi connectivity index (χ3n) is 3.89. The summed E-state index contributed by atoms with van der Waals surface area (Å²) in [6.07, 6.45) is 1.31. The van der Waals surface area contributed by atoms with Crippen LogP contribution >= 0.6 is 23.4 Å². The fourth-order valence-corrected chi connectivity index (χ4v) is 4.75. The lowest BCUT2D eigenvalue weighted by molar-refractivity contribution is -0.122. The fraction of sp³-hybridized carbons (Fsp3) is 0.316. The van der Waals surface area contributed by atoms with Crippen molar-refractivity contribution in [3.05, 3.63) is 59.4 Å². The van der Waals surface area contributed by atoms with Crippen molar-refractivity contribution in [2.75, 3.05) is 22.9 Å². The van der Waals surface area contributed by atoms with Gasteiger partial charge in [-0.2, -0.15) is 0 Å². The number of nitrogens with zero attached hydrogens (tertiary/aromatic N) is 1. The van der Waals surface area contributed by atoms with Crippen molar-refractivity contribution in [2.45, 2.75) is 24.3 Å². The summed E-state index contributed by atoms with van der Waals surface area (Å²) in [7, 11) is -3.73. The summed E-state index contributed by atoms with van der Waals surface area (Å²) in [6, 6.07) is 11.5. The van der Waals surface area contributed by atoms with Crippen molar-refractivity contribution in [3.63, 3.8) is 0 Å². The average molecular weight is 445 g/mol. The molecule has 0 aliphatic heterocycles. The van der Waals surface area contributed by atoms with E-state index in [1.165, 1.54) is 24.3 Å². The van der Waals surface area contributed by atoms with Gasteiger partial charge >= 0.3 is 0 Å². The first-order chi connectivity index (χ1) is 13.2. The van der Waals surface area contributed by atoms with Crippen LogP contribution in [-0.2, 0) is 14.8 Å². The molecule has 5 nitrogen and oxygen atoms in total. The highest BCUT2D eigenvalue weighted by atomic mass is 35.5. The molecule has 2 aromatic carbocycles. The van der Waals surface area contributed by atoms with Crippen LogP contribution in [0.2, 0.25) is 5.02 Å². The molecule has 152 valence electrons. The van der Waals surface area contributed by atoms with Crippen LogP contribution in [0.4, 0.5) is 10.1 Å². The summed E-state index contributed by atoms with van der Waals surface area (Å²) < 4.78 is 38.8. The number of benzene rings is 2. The maximum atomic E-state index is 13.2. The number of hydrogen-bond donors (Lipinski definition) is 1. The van der Waals surface area contributed by atoms with Gasteiger partial charge in [-0.05, 0) is 55.0 Å². The van der Waals surface area contributed by atoms with Crippen molar-refractivity contribution >= 4 is 45.0 Å². The van der Waals surface area contributed by atoms with E-state index < -0.39 is 27.8 Å². The highest BCUT2D eigenvalue weighted by Crippen LogP contribution is 2.23. The molecule has 0 fully saturated rings. The first kappa shape index (κ1) is 22.5. The van der Waals surface area contributed by atoms with Crippen molar-refractivity contribution in [1.82, 2.24) is 5.32 Å². The lowest BCUT2D eigenvalue weighted by Gasteiger charge is -2.30. The van der Waals surface area contributed by atoms with Crippen LogP contribution in [0.3, 0.4) is 0 Å². The maximum Gasteiger partial charge on any atom is 0.243 e. The standard InChI is InChI=1S/C19H22ClFN2O3S2/c1-3-18(23(28(2,25)26)16-8-6-15(21)7-9-16)19(24)22-12-13-27-17-10-4-14(20)5-11-17/h4-11,18H,3,12-13H2,1-2H3,(H,22,24)/t18-/m1/s1. The van der Waals surface area contributed by atoms with Gasteiger partial charge in [0.15, 0.2) is 0 Å². The molecular weight excluding hydrogens is 423 g/mol. The Balaban J connectivity index is 2.02. The molecule has 0 heterocycles. The third kappa shape index (κ3) is 6.39. The predicted octanol–water partition coefficient (Wildman–Crippen LogP) is 3.93. The molecule has 2 aromatic rings.